The Labute approximate surface area is 104 Å². The summed E-state index contributed by atoms with van der Waals surface area (Å²) in [6.45, 7) is 1.48. The number of benzene rings is 1. The molecule has 1 aromatic carbocycles. The Bertz CT molecular complexity index is 409. The molecule has 2 N–H and O–H groups in total. The van der Waals surface area contributed by atoms with Crippen LogP contribution in [0.3, 0.4) is 0 Å². The summed E-state index contributed by atoms with van der Waals surface area (Å²) >= 11 is 11.9. The van der Waals surface area contributed by atoms with Crippen LogP contribution in [0.2, 0.25) is 10.0 Å². The van der Waals surface area contributed by atoms with E-state index < -0.39 is 0 Å². The van der Waals surface area contributed by atoms with Crippen LogP contribution >= 0.6 is 23.2 Å². The molecule has 0 unspecified atom stereocenters. The van der Waals surface area contributed by atoms with Crippen molar-refractivity contribution in [1.29, 1.82) is 0 Å². The highest BCUT2D eigenvalue weighted by Crippen LogP contribution is 2.22. The molecule has 1 fully saturated rings. The van der Waals surface area contributed by atoms with E-state index in [2.05, 4.69) is 10.6 Å². The van der Waals surface area contributed by atoms with E-state index >= 15 is 0 Å². The van der Waals surface area contributed by atoms with Gasteiger partial charge in [-0.15, -0.1) is 0 Å². The monoisotopic (exact) mass is 258 g/mol. The summed E-state index contributed by atoms with van der Waals surface area (Å²) < 4.78 is 0. The average Bonchev–Trinajstić information content (AvgIpc) is 2.25. The molecule has 1 aromatic rings. The SMILES string of the molecule is O=C1NCCN[C@H]1Cc1ccc(Cl)cc1Cl. The highest BCUT2D eigenvalue weighted by atomic mass is 35.5. The topological polar surface area (TPSA) is 41.1 Å². The maximum absolute atomic E-state index is 11.5. The van der Waals surface area contributed by atoms with E-state index in [1.807, 2.05) is 6.07 Å². The largest absolute Gasteiger partial charge is 0.353 e. The van der Waals surface area contributed by atoms with Crippen molar-refractivity contribution < 1.29 is 4.79 Å². The van der Waals surface area contributed by atoms with Gasteiger partial charge in [-0.05, 0) is 24.1 Å². The predicted octanol–water partition coefficient (Wildman–Crippen LogP) is 1.62. The first kappa shape index (κ1) is 11.7. The van der Waals surface area contributed by atoms with Gasteiger partial charge in [-0.1, -0.05) is 29.3 Å². The third-order valence-electron chi connectivity index (χ3n) is 2.57. The normalized spacial score (nSPS) is 20.6. The molecule has 0 radical (unpaired) electrons. The summed E-state index contributed by atoms with van der Waals surface area (Å²) in [5.41, 5.74) is 0.931. The van der Waals surface area contributed by atoms with E-state index in [4.69, 9.17) is 23.2 Å². The van der Waals surface area contributed by atoms with Crippen molar-refractivity contribution in [2.24, 2.45) is 0 Å². The molecule has 1 aliphatic heterocycles. The number of carbonyl (C=O) groups is 1. The zero-order valence-electron chi connectivity index (χ0n) is 8.59. The second-order valence-electron chi connectivity index (χ2n) is 3.74. The number of hydrogen-bond donors (Lipinski definition) is 2. The van der Waals surface area contributed by atoms with Crippen molar-refractivity contribution in [3.8, 4) is 0 Å². The second-order valence-corrected chi connectivity index (χ2v) is 4.58. The number of hydrogen-bond acceptors (Lipinski definition) is 2. The molecule has 2 rings (SSSR count). The van der Waals surface area contributed by atoms with Gasteiger partial charge in [0.1, 0.15) is 0 Å². The Hall–Kier alpha value is -0.770. The highest BCUT2D eigenvalue weighted by molar-refractivity contribution is 6.35. The van der Waals surface area contributed by atoms with Crippen LogP contribution in [-0.2, 0) is 11.2 Å². The minimum Gasteiger partial charge on any atom is -0.353 e. The van der Waals surface area contributed by atoms with Gasteiger partial charge in [0.05, 0.1) is 6.04 Å². The van der Waals surface area contributed by atoms with Crippen molar-refractivity contribution in [1.82, 2.24) is 10.6 Å². The lowest BCUT2D eigenvalue weighted by molar-refractivity contribution is -0.124. The Morgan fingerprint density at radius 3 is 2.81 bits per heavy atom. The second kappa shape index (κ2) is 5.04. The Balaban J connectivity index is 2.10. The molecule has 1 heterocycles. The fraction of sp³-hybridized carbons (Fsp3) is 0.364. The van der Waals surface area contributed by atoms with E-state index in [0.717, 1.165) is 12.1 Å². The summed E-state index contributed by atoms with van der Waals surface area (Å²) in [5.74, 6) is 0.0252. The van der Waals surface area contributed by atoms with Gasteiger partial charge in [0, 0.05) is 23.1 Å². The smallest absolute Gasteiger partial charge is 0.237 e. The molecule has 1 saturated heterocycles. The van der Waals surface area contributed by atoms with E-state index in [-0.39, 0.29) is 11.9 Å². The van der Waals surface area contributed by atoms with E-state index in [0.29, 0.717) is 23.0 Å². The van der Waals surface area contributed by atoms with Crippen molar-refractivity contribution in [3.63, 3.8) is 0 Å². The lowest BCUT2D eigenvalue weighted by atomic mass is 10.0. The maximum atomic E-state index is 11.5. The third kappa shape index (κ3) is 2.67. The highest BCUT2D eigenvalue weighted by Gasteiger charge is 2.22. The van der Waals surface area contributed by atoms with Crippen molar-refractivity contribution in [3.05, 3.63) is 33.8 Å². The molecular weight excluding hydrogens is 247 g/mol. The quantitative estimate of drug-likeness (QED) is 0.847. The molecule has 1 atom stereocenters. The third-order valence-corrected chi connectivity index (χ3v) is 3.16. The van der Waals surface area contributed by atoms with E-state index in [1.165, 1.54) is 0 Å². The van der Waals surface area contributed by atoms with E-state index in [9.17, 15) is 4.79 Å². The Morgan fingerprint density at radius 1 is 1.31 bits per heavy atom. The Morgan fingerprint density at radius 2 is 2.12 bits per heavy atom. The molecule has 0 aromatic heterocycles. The lowest BCUT2D eigenvalue weighted by Crippen LogP contribution is -2.53. The van der Waals surface area contributed by atoms with Gasteiger partial charge in [0.15, 0.2) is 0 Å². The number of nitrogens with one attached hydrogen (secondary N) is 2. The summed E-state index contributed by atoms with van der Waals surface area (Å²) in [4.78, 5) is 11.5. The van der Waals surface area contributed by atoms with Gasteiger partial charge >= 0.3 is 0 Å². The van der Waals surface area contributed by atoms with Crippen LogP contribution in [-0.4, -0.2) is 25.0 Å². The number of amides is 1. The van der Waals surface area contributed by atoms with Crippen LogP contribution in [0.5, 0.6) is 0 Å². The standard InChI is InChI=1S/C11H12Cl2N2O/c12-8-2-1-7(9(13)6-8)5-10-11(16)15-4-3-14-10/h1-2,6,10,14H,3-5H2,(H,15,16)/t10-/m0/s1. The van der Waals surface area contributed by atoms with Crippen LogP contribution in [0.15, 0.2) is 18.2 Å². The van der Waals surface area contributed by atoms with Crippen LogP contribution in [0, 0.1) is 0 Å². The zero-order chi connectivity index (χ0) is 11.5. The summed E-state index contributed by atoms with van der Waals surface area (Å²) in [5, 5.41) is 7.18. The molecule has 5 heteroatoms. The molecular formula is C11H12Cl2N2O. The van der Waals surface area contributed by atoms with Gasteiger partial charge in [0.25, 0.3) is 0 Å². The summed E-state index contributed by atoms with van der Waals surface area (Å²) in [7, 11) is 0. The molecule has 16 heavy (non-hydrogen) atoms. The molecule has 3 nitrogen and oxygen atoms in total. The molecule has 1 amide bonds. The van der Waals surface area contributed by atoms with Gasteiger partial charge in [-0.25, -0.2) is 0 Å². The van der Waals surface area contributed by atoms with Crippen LogP contribution in [0.4, 0.5) is 0 Å². The fourth-order valence-corrected chi connectivity index (χ4v) is 2.21. The molecule has 0 aliphatic carbocycles. The van der Waals surface area contributed by atoms with Gasteiger partial charge in [-0.3, -0.25) is 4.79 Å². The summed E-state index contributed by atoms with van der Waals surface area (Å²) in [6, 6.07) is 5.13. The van der Waals surface area contributed by atoms with Crippen LogP contribution < -0.4 is 10.6 Å². The van der Waals surface area contributed by atoms with Gasteiger partial charge in [-0.2, -0.15) is 0 Å². The lowest BCUT2D eigenvalue weighted by Gasteiger charge is -2.23. The predicted molar refractivity (Wildman–Crippen MR) is 65.0 cm³/mol. The first-order valence-corrected chi connectivity index (χ1v) is 5.87. The van der Waals surface area contributed by atoms with Gasteiger partial charge in [0.2, 0.25) is 5.91 Å². The first-order chi connectivity index (χ1) is 7.66. The summed E-state index contributed by atoms with van der Waals surface area (Å²) in [6.07, 6.45) is 0.585. The minimum absolute atomic E-state index is 0.0252. The van der Waals surface area contributed by atoms with Crippen LogP contribution in [0.1, 0.15) is 5.56 Å². The number of rotatable bonds is 2. The van der Waals surface area contributed by atoms with Gasteiger partial charge < -0.3 is 10.6 Å². The number of halogens is 2. The number of carbonyl (C=O) groups excluding carboxylic acids is 1. The van der Waals surface area contributed by atoms with E-state index in [1.54, 1.807) is 12.1 Å². The maximum Gasteiger partial charge on any atom is 0.237 e. The molecule has 0 saturated carbocycles. The van der Waals surface area contributed by atoms with Crippen molar-refractivity contribution in [2.75, 3.05) is 13.1 Å². The Kier molecular flexibility index (Phi) is 3.69. The molecule has 1 aliphatic rings. The van der Waals surface area contributed by atoms with Crippen LogP contribution in [0.25, 0.3) is 0 Å². The van der Waals surface area contributed by atoms with Crippen molar-refractivity contribution >= 4 is 29.1 Å². The fourth-order valence-electron chi connectivity index (χ4n) is 1.72. The first-order valence-electron chi connectivity index (χ1n) is 5.12. The number of piperazine rings is 1. The van der Waals surface area contributed by atoms with Crippen molar-refractivity contribution in [2.45, 2.75) is 12.5 Å². The average molecular weight is 259 g/mol. The molecule has 0 bridgehead atoms. The minimum atomic E-state index is -0.201. The zero-order valence-corrected chi connectivity index (χ0v) is 10.1. The molecule has 86 valence electrons. The molecule has 0 spiro atoms.